The molecular weight excluding hydrogens is 626 g/mol. The van der Waals surface area contributed by atoms with E-state index in [0.717, 1.165) is 38.5 Å². The number of carbonyl (C=O) groups is 6. The Labute approximate surface area is 288 Å². The van der Waals surface area contributed by atoms with Gasteiger partial charge in [0.2, 0.25) is 29.3 Å². The number of hydrogen-bond donors (Lipinski definition) is 4. The molecule has 0 aromatic heterocycles. The quantitative estimate of drug-likeness (QED) is 0.183. The lowest BCUT2D eigenvalue weighted by molar-refractivity contribution is -0.145. The molecule has 2 aliphatic carbocycles. The Morgan fingerprint density at radius 3 is 2.31 bits per heavy atom. The minimum Gasteiger partial charge on any atom is -0.347 e. The first-order chi connectivity index (χ1) is 23.3. The predicted octanol–water partition coefficient (Wildman–Crippen LogP) is 3.26. The average Bonchev–Trinajstić information content (AvgIpc) is 3.67. The fraction of sp³-hybridized carbons (Fsp3) is 0.622. The van der Waals surface area contributed by atoms with Gasteiger partial charge in [-0.1, -0.05) is 83.7 Å². The van der Waals surface area contributed by atoms with Crippen molar-refractivity contribution in [2.45, 2.75) is 128 Å². The van der Waals surface area contributed by atoms with Crippen LogP contribution in [-0.2, 0) is 28.8 Å². The smallest absolute Gasteiger partial charge is 0.289 e. The summed E-state index contributed by atoms with van der Waals surface area (Å²) >= 11 is 0. The third-order valence-corrected chi connectivity index (χ3v) is 9.95. The van der Waals surface area contributed by atoms with Crippen molar-refractivity contribution in [3.63, 3.8) is 0 Å². The highest BCUT2D eigenvalue weighted by Gasteiger charge is 2.54. The van der Waals surface area contributed by atoms with Crippen LogP contribution in [0, 0.1) is 11.3 Å². The first-order valence-corrected chi connectivity index (χ1v) is 17.8. The Bertz CT molecular complexity index is 1460. The summed E-state index contributed by atoms with van der Waals surface area (Å²) in [4.78, 5) is 88.4. The molecule has 49 heavy (non-hydrogen) atoms. The zero-order valence-corrected chi connectivity index (χ0v) is 29.1. The Morgan fingerprint density at radius 1 is 0.980 bits per heavy atom. The third-order valence-electron chi connectivity index (χ3n) is 9.95. The number of ketones is 2. The van der Waals surface area contributed by atoms with E-state index in [2.05, 4.69) is 21.4 Å². The maximum absolute atomic E-state index is 14.5. The number of carbonyl (C=O) groups excluding carboxylic acids is 6. The van der Waals surface area contributed by atoms with Crippen LogP contribution in [0.5, 0.6) is 0 Å². The molecule has 1 spiro atoms. The maximum atomic E-state index is 14.5. The Balaban J connectivity index is 1.40. The Kier molecular flexibility index (Phi) is 11.3. The van der Waals surface area contributed by atoms with Crippen molar-refractivity contribution in [1.29, 1.82) is 0 Å². The van der Waals surface area contributed by atoms with Crippen molar-refractivity contribution in [2.75, 3.05) is 6.54 Å². The van der Waals surface area contributed by atoms with E-state index < -0.39 is 52.6 Å². The molecule has 2 aliphatic heterocycles. The third kappa shape index (κ3) is 8.95. The van der Waals surface area contributed by atoms with Crippen LogP contribution in [0.1, 0.15) is 109 Å². The van der Waals surface area contributed by atoms with E-state index in [9.17, 15) is 28.8 Å². The van der Waals surface area contributed by atoms with Gasteiger partial charge in [0.05, 0.1) is 12.6 Å². The molecule has 266 valence electrons. The van der Waals surface area contributed by atoms with Gasteiger partial charge >= 0.3 is 0 Å². The van der Waals surface area contributed by atoms with Gasteiger partial charge in [-0.15, -0.1) is 0 Å². The van der Waals surface area contributed by atoms with Gasteiger partial charge in [0.1, 0.15) is 23.4 Å². The van der Waals surface area contributed by atoms with E-state index in [1.54, 1.807) is 36.4 Å². The molecule has 12 heteroatoms. The molecule has 4 amide bonds. The minimum atomic E-state index is -1.24. The monoisotopic (exact) mass is 677 g/mol. The van der Waals surface area contributed by atoms with E-state index in [-0.39, 0.29) is 48.7 Å². The number of allylic oxidation sites excluding steroid dienone is 1. The van der Waals surface area contributed by atoms with Crippen molar-refractivity contribution in [2.24, 2.45) is 11.3 Å². The number of likely N-dealkylation sites (tertiary alicyclic amines) is 1. The molecule has 1 aromatic carbocycles. The lowest BCUT2D eigenvalue weighted by atomic mass is 9.84. The zero-order valence-electron chi connectivity index (χ0n) is 29.1. The molecule has 4 aliphatic rings. The summed E-state index contributed by atoms with van der Waals surface area (Å²) in [6.07, 6.45) is 9.64. The normalized spacial score (nSPS) is 23.6. The predicted molar refractivity (Wildman–Crippen MR) is 182 cm³/mol. The van der Waals surface area contributed by atoms with E-state index in [1.165, 1.54) is 11.3 Å². The van der Waals surface area contributed by atoms with E-state index >= 15 is 0 Å². The number of Topliss-reactive ketones (excluding diaryl/α,β-unsaturated/α-hetero) is 2. The molecule has 4 N–H and O–H groups in total. The number of hydroxylamine groups is 1. The average molecular weight is 678 g/mol. The van der Waals surface area contributed by atoms with Crippen LogP contribution in [-0.4, -0.2) is 76.4 Å². The van der Waals surface area contributed by atoms with Crippen LogP contribution in [0.15, 0.2) is 42.1 Å². The summed E-state index contributed by atoms with van der Waals surface area (Å²) in [7, 11) is 0. The molecule has 1 saturated heterocycles. The van der Waals surface area contributed by atoms with Gasteiger partial charge in [-0.25, -0.2) is 0 Å². The van der Waals surface area contributed by atoms with Crippen LogP contribution in [0.2, 0.25) is 0 Å². The van der Waals surface area contributed by atoms with Crippen LogP contribution in [0.3, 0.4) is 0 Å². The summed E-state index contributed by atoms with van der Waals surface area (Å²) < 4.78 is 0. The molecule has 4 atom stereocenters. The fourth-order valence-electron chi connectivity index (χ4n) is 7.04. The first kappa shape index (κ1) is 36.2. The van der Waals surface area contributed by atoms with Crippen LogP contribution < -0.4 is 21.4 Å². The highest BCUT2D eigenvalue weighted by atomic mass is 16.7. The molecule has 1 aromatic rings. The SMILES string of the molecule is CCC[C@H](NC(=O)[C@@H]1C[C@]2(C=C(C(=O)c3ccccc3)NO2)CN1C(=O)[C@@H](NC(=O)CC1CCCCC1)C(C)(C)C)C(=O)C(=O)NC1CC1. The molecule has 0 radical (unpaired) electrons. The molecule has 12 nitrogen and oxygen atoms in total. The fourth-order valence-corrected chi connectivity index (χ4v) is 7.04. The molecule has 5 rings (SSSR count). The highest BCUT2D eigenvalue weighted by Crippen LogP contribution is 2.38. The van der Waals surface area contributed by atoms with Crippen molar-refractivity contribution >= 4 is 35.2 Å². The Hall–Kier alpha value is -4.06. The van der Waals surface area contributed by atoms with Gasteiger partial charge in [0.15, 0.2) is 0 Å². The van der Waals surface area contributed by atoms with Crippen LogP contribution in [0.4, 0.5) is 0 Å². The molecule has 3 fully saturated rings. The van der Waals surface area contributed by atoms with E-state index in [0.29, 0.717) is 18.4 Å². The van der Waals surface area contributed by atoms with E-state index in [1.807, 2.05) is 27.7 Å². The maximum Gasteiger partial charge on any atom is 0.289 e. The molecule has 2 saturated carbocycles. The molecule has 2 heterocycles. The van der Waals surface area contributed by atoms with Crippen molar-refractivity contribution in [3.8, 4) is 0 Å². The molecular formula is C37H51N5O7. The summed E-state index contributed by atoms with van der Waals surface area (Å²) in [6, 6.07) is 5.51. The second-order valence-electron chi connectivity index (χ2n) is 15.2. The van der Waals surface area contributed by atoms with Gasteiger partial charge in [-0.3, -0.25) is 39.1 Å². The number of nitrogens with one attached hydrogen (secondary N) is 4. The lowest BCUT2D eigenvalue weighted by Crippen LogP contribution is -2.59. The summed E-state index contributed by atoms with van der Waals surface area (Å²) in [5.41, 5.74) is 1.41. The summed E-state index contributed by atoms with van der Waals surface area (Å²) in [6.45, 7) is 7.34. The molecule has 0 unspecified atom stereocenters. The van der Waals surface area contributed by atoms with E-state index in [4.69, 9.17) is 4.84 Å². The standard InChI is InChI=1S/C37H51N5O7/c1-5-12-26(31(45)34(47)38-25-17-18-25)39-33(46)28-21-37(20-27(41-49-37)30(44)24-15-10-7-11-16-24)22-42(28)35(48)32(36(2,3)4)40-29(43)19-23-13-8-6-9-14-23/h7,10-11,15-16,20,23,25-26,28,32,41H,5-6,8-9,12-14,17-19,21-22H2,1-4H3,(H,38,47)(H,39,46)(H,40,43)/t26-,28-,32+,37+/m0/s1. The van der Waals surface area contributed by atoms with Crippen molar-refractivity contribution in [3.05, 3.63) is 47.7 Å². The lowest BCUT2D eigenvalue weighted by Gasteiger charge is -2.36. The summed E-state index contributed by atoms with van der Waals surface area (Å²) in [5.74, 6) is -2.79. The number of nitrogens with zero attached hydrogens (tertiary/aromatic N) is 1. The van der Waals surface area contributed by atoms with Crippen LogP contribution >= 0.6 is 0 Å². The number of hydrogen-bond acceptors (Lipinski definition) is 8. The number of amides is 4. The van der Waals surface area contributed by atoms with Crippen molar-refractivity contribution < 1.29 is 33.6 Å². The zero-order chi connectivity index (χ0) is 35.3. The largest absolute Gasteiger partial charge is 0.347 e. The van der Waals surface area contributed by atoms with Crippen LogP contribution in [0.25, 0.3) is 0 Å². The molecule has 0 bridgehead atoms. The van der Waals surface area contributed by atoms with Gasteiger partial charge in [-0.05, 0) is 49.5 Å². The second-order valence-corrected chi connectivity index (χ2v) is 15.2. The van der Waals surface area contributed by atoms with Gasteiger partial charge < -0.3 is 20.9 Å². The Morgan fingerprint density at radius 2 is 1.67 bits per heavy atom. The second kappa shape index (κ2) is 15.2. The highest BCUT2D eigenvalue weighted by molar-refractivity contribution is 6.38. The summed E-state index contributed by atoms with van der Waals surface area (Å²) in [5, 5.41) is 8.45. The first-order valence-electron chi connectivity index (χ1n) is 17.8. The van der Waals surface area contributed by atoms with Crippen molar-refractivity contribution in [1.82, 2.24) is 26.3 Å². The van der Waals surface area contributed by atoms with Gasteiger partial charge in [0, 0.05) is 24.4 Å². The van der Waals surface area contributed by atoms with Gasteiger partial charge in [0.25, 0.3) is 5.91 Å². The number of benzene rings is 1. The van der Waals surface area contributed by atoms with Gasteiger partial charge in [-0.2, -0.15) is 0 Å². The number of rotatable bonds is 13. The topological polar surface area (TPSA) is 163 Å². The minimum absolute atomic E-state index is 0.0165.